The van der Waals surface area contributed by atoms with Crippen molar-refractivity contribution in [2.45, 2.75) is 56.8 Å². The number of ether oxygens (including phenoxy) is 2. The highest BCUT2D eigenvalue weighted by atomic mass is 16.5. The van der Waals surface area contributed by atoms with Gasteiger partial charge in [0, 0.05) is 44.6 Å². The van der Waals surface area contributed by atoms with E-state index < -0.39 is 0 Å². The van der Waals surface area contributed by atoms with Crippen LogP contribution in [0.1, 0.15) is 44.1 Å². The Balaban J connectivity index is 1.18. The Bertz CT molecular complexity index is 736. The second kappa shape index (κ2) is 8.25. The number of benzene rings is 1. The van der Waals surface area contributed by atoms with Gasteiger partial charge in [0.1, 0.15) is 5.75 Å². The van der Waals surface area contributed by atoms with Crippen molar-refractivity contribution >= 4 is 5.91 Å². The number of carbonyl (C=O) groups excluding carboxylic acids is 1. The van der Waals surface area contributed by atoms with E-state index >= 15 is 0 Å². The lowest BCUT2D eigenvalue weighted by Crippen LogP contribution is -2.47. The maximum Gasteiger partial charge on any atom is 0.226 e. The molecule has 0 saturated carbocycles. The summed E-state index contributed by atoms with van der Waals surface area (Å²) in [6.07, 6.45) is 6.63. The third-order valence-electron chi connectivity index (χ3n) is 7.18. The molecule has 5 rings (SSSR count). The van der Waals surface area contributed by atoms with E-state index in [1.165, 1.54) is 37.9 Å². The molecule has 6 nitrogen and oxygen atoms in total. The fraction of sp³-hybridized carbons (Fsp3) is 0.696. The minimum Gasteiger partial charge on any atom is -0.493 e. The van der Waals surface area contributed by atoms with Crippen LogP contribution in [-0.4, -0.2) is 78.3 Å². The molecule has 1 spiro atoms. The van der Waals surface area contributed by atoms with Crippen LogP contribution >= 0.6 is 0 Å². The molecule has 4 fully saturated rings. The van der Waals surface area contributed by atoms with Crippen LogP contribution in [0.15, 0.2) is 24.3 Å². The number of likely N-dealkylation sites (tertiary alicyclic amines) is 2. The summed E-state index contributed by atoms with van der Waals surface area (Å²) < 4.78 is 12.3. The van der Waals surface area contributed by atoms with Crippen molar-refractivity contribution in [3.63, 3.8) is 0 Å². The molecule has 4 aliphatic heterocycles. The van der Waals surface area contributed by atoms with Gasteiger partial charge in [0.2, 0.25) is 5.91 Å². The zero-order valence-corrected chi connectivity index (χ0v) is 17.4. The molecule has 0 radical (unpaired) electrons. The minimum atomic E-state index is -0.360. The molecule has 1 amide bonds. The van der Waals surface area contributed by atoms with E-state index in [0.29, 0.717) is 13.0 Å². The first-order valence-corrected chi connectivity index (χ1v) is 11.4. The van der Waals surface area contributed by atoms with Crippen LogP contribution in [-0.2, 0) is 16.1 Å². The standard InChI is InChI=1S/C23H33N3O3/c27-22-17-21-23(26(22)14-16-29-23)9-13-25(21)18-19-7-2-3-8-20(19)28-15-6-12-24-10-4-1-5-11-24/h2-3,7-8,21H,1,4-6,9-18H2/t21-,23+/m1/s1. The maximum absolute atomic E-state index is 12.4. The molecule has 0 N–H and O–H groups in total. The molecule has 4 aliphatic rings. The molecule has 0 aromatic heterocycles. The van der Waals surface area contributed by atoms with Gasteiger partial charge in [-0.2, -0.15) is 0 Å². The van der Waals surface area contributed by atoms with Crippen LogP contribution in [0.2, 0.25) is 0 Å². The van der Waals surface area contributed by atoms with Crippen molar-refractivity contribution in [3.05, 3.63) is 29.8 Å². The molecule has 6 heteroatoms. The van der Waals surface area contributed by atoms with Gasteiger partial charge in [-0.15, -0.1) is 0 Å². The van der Waals surface area contributed by atoms with E-state index in [9.17, 15) is 4.79 Å². The Hall–Kier alpha value is -1.63. The Labute approximate surface area is 173 Å². The average Bonchev–Trinajstić information content (AvgIpc) is 3.39. The molecule has 2 atom stereocenters. The zero-order chi connectivity index (χ0) is 19.7. The molecule has 0 aliphatic carbocycles. The van der Waals surface area contributed by atoms with E-state index in [2.05, 4.69) is 34.1 Å². The summed E-state index contributed by atoms with van der Waals surface area (Å²) in [5, 5.41) is 0. The number of rotatable bonds is 7. The van der Waals surface area contributed by atoms with Gasteiger partial charge in [-0.25, -0.2) is 0 Å². The van der Waals surface area contributed by atoms with Crippen LogP contribution in [0, 0.1) is 0 Å². The first-order valence-electron chi connectivity index (χ1n) is 11.4. The minimum absolute atomic E-state index is 0.171. The largest absolute Gasteiger partial charge is 0.493 e. The molecule has 0 unspecified atom stereocenters. The molecule has 4 heterocycles. The second-order valence-electron chi connectivity index (χ2n) is 8.89. The number of piperidine rings is 1. The van der Waals surface area contributed by atoms with Crippen molar-refractivity contribution in [1.29, 1.82) is 0 Å². The SMILES string of the molecule is O=C1C[C@H]2N(Cc3ccccc3OCCCN3CCCCC3)CC[C@]23OCCN13. The summed E-state index contributed by atoms with van der Waals surface area (Å²) >= 11 is 0. The number of carbonyl (C=O) groups is 1. The lowest BCUT2D eigenvalue weighted by atomic mass is 10.1. The van der Waals surface area contributed by atoms with E-state index in [-0.39, 0.29) is 17.7 Å². The topological polar surface area (TPSA) is 45.3 Å². The van der Waals surface area contributed by atoms with Crippen molar-refractivity contribution in [2.75, 3.05) is 45.9 Å². The highest BCUT2D eigenvalue weighted by Gasteiger charge is 2.61. The van der Waals surface area contributed by atoms with E-state index in [1.807, 2.05) is 4.90 Å². The summed E-state index contributed by atoms with van der Waals surface area (Å²) in [6, 6.07) is 8.55. The maximum atomic E-state index is 12.4. The molecule has 158 valence electrons. The number of nitrogens with zero attached hydrogens (tertiary/aromatic N) is 3. The third kappa shape index (κ3) is 3.66. The van der Waals surface area contributed by atoms with Gasteiger partial charge in [-0.05, 0) is 38.4 Å². The Kier molecular flexibility index (Phi) is 5.50. The number of para-hydroxylation sites is 1. The van der Waals surface area contributed by atoms with E-state index in [0.717, 1.165) is 51.4 Å². The molecular weight excluding hydrogens is 366 g/mol. The summed E-state index contributed by atoms with van der Waals surface area (Å²) in [6.45, 7) is 7.59. The zero-order valence-electron chi connectivity index (χ0n) is 17.4. The van der Waals surface area contributed by atoms with Gasteiger partial charge >= 0.3 is 0 Å². The van der Waals surface area contributed by atoms with Crippen LogP contribution in [0.4, 0.5) is 0 Å². The number of hydrogen-bond donors (Lipinski definition) is 0. The van der Waals surface area contributed by atoms with E-state index in [4.69, 9.17) is 9.47 Å². The fourth-order valence-corrected chi connectivity index (χ4v) is 5.71. The fourth-order valence-electron chi connectivity index (χ4n) is 5.71. The van der Waals surface area contributed by atoms with Gasteiger partial charge < -0.3 is 19.3 Å². The van der Waals surface area contributed by atoms with Gasteiger partial charge in [-0.1, -0.05) is 24.6 Å². The van der Waals surface area contributed by atoms with Crippen molar-refractivity contribution in [3.8, 4) is 5.75 Å². The molecular formula is C23H33N3O3. The summed E-state index contributed by atoms with van der Waals surface area (Å²) in [4.78, 5) is 19.4. The number of amides is 1. The van der Waals surface area contributed by atoms with Crippen molar-refractivity contribution in [1.82, 2.24) is 14.7 Å². The average molecular weight is 400 g/mol. The van der Waals surface area contributed by atoms with Crippen molar-refractivity contribution < 1.29 is 14.3 Å². The highest BCUT2D eigenvalue weighted by Crippen LogP contribution is 2.46. The van der Waals surface area contributed by atoms with Crippen molar-refractivity contribution in [2.24, 2.45) is 0 Å². The summed E-state index contributed by atoms with van der Waals surface area (Å²) in [5.41, 5.74) is 0.854. The van der Waals surface area contributed by atoms with E-state index in [1.54, 1.807) is 0 Å². The Morgan fingerprint density at radius 2 is 1.97 bits per heavy atom. The lowest BCUT2D eigenvalue weighted by Gasteiger charge is -2.32. The first-order chi connectivity index (χ1) is 14.3. The summed E-state index contributed by atoms with van der Waals surface area (Å²) in [5.74, 6) is 1.24. The second-order valence-corrected chi connectivity index (χ2v) is 8.89. The molecule has 1 aromatic rings. The monoisotopic (exact) mass is 399 g/mol. The predicted molar refractivity (Wildman–Crippen MR) is 111 cm³/mol. The smallest absolute Gasteiger partial charge is 0.226 e. The lowest BCUT2D eigenvalue weighted by molar-refractivity contribution is -0.136. The Morgan fingerprint density at radius 1 is 1.10 bits per heavy atom. The van der Waals surface area contributed by atoms with Crippen LogP contribution in [0.5, 0.6) is 5.75 Å². The van der Waals surface area contributed by atoms with Crippen LogP contribution < -0.4 is 4.74 Å². The first kappa shape index (κ1) is 19.3. The van der Waals surface area contributed by atoms with Gasteiger partial charge in [0.25, 0.3) is 0 Å². The molecule has 4 saturated heterocycles. The summed E-state index contributed by atoms with van der Waals surface area (Å²) in [7, 11) is 0. The van der Waals surface area contributed by atoms with Crippen LogP contribution in [0.3, 0.4) is 0 Å². The van der Waals surface area contributed by atoms with Gasteiger partial charge in [0.15, 0.2) is 5.72 Å². The molecule has 0 bridgehead atoms. The molecule has 1 aromatic carbocycles. The Morgan fingerprint density at radius 3 is 2.86 bits per heavy atom. The van der Waals surface area contributed by atoms with Crippen LogP contribution in [0.25, 0.3) is 0 Å². The quantitative estimate of drug-likeness (QED) is 0.659. The van der Waals surface area contributed by atoms with Gasteiger partial charge in [-0.3, -0.25) is 9.69 Å². The van der Waals surface area contributed by atoms with Gasteiger partial charge in [0.05, 0.1) is 19.3 Å². The molecule has 29 heavy (non-hydrogen) atoms. The highest BCUT2D eigenvalue weighted by molar-refractivity contribution is 5.81. The number of hydrogen-bond acceptors (Lipinski definition) is 5. The third-order valence-corrected chi connectivity index (χ3v) is 7.18. The normalized spacial score (nSPS) is 30.0. The predicted octanol–water partition coefficient (Wildman–Crippen LogP) is 2.47.